The van der Waals surface area contributed by atoms with Gasteiger partial charge in [0.05, 0.1) is 4.90 Å². The molecule has 0 atom stereocenters. The Kier molecular flexibility index (Phi) is 5.49. The van der Waals surface area contributed by atoms with Crippen molar-refractivity contribution >= 4 is 10.0 Å². The van der Waals surface area contributed by atoms with Crippen LogP contribution < -0.4 is 4.72 Å². The van der Waals surface area contributed by atoms with Gasteiger partial charge in [-0.1, -0.05) is 38.3 Å². The van der Waals surface area contributed by atoms with Gasteiger partial charge in [0, 0.05) is 6.54 Å². The lowest BCUT2D eigenvalue weighted by Gasteiger charge is -2.05. The summed E-state index contributed by atoms with van der Waals surface area (Å²) in [5.41, 5.74) is 0. The largest absolute Gasteiger partial charge is 0.240 e. The van der Waals surface area contributed by atoms with Crippen molar-refractivity contribution in [1.82, 2.24) is 4.72 Å². The van der Waals surface area contributed by atoms with Gasteiger partial charge in [-0.05, 0) is 24.6 Å². The Morgan fingerprint density at radius 2 is 1.88 bits per heavy atom. The molecule has 1 aromatic rings. The van der Waals surface area contributed by atoms with E-state index in [0.717, 1.165) is 25.7 Å². The van der Waals surface area contributed by atoms with E-state index in [2.05, 4.69) is 17.7 Å². The van der Waals surface area contributed by atoms with Crippen molar-refractivity contribution in [2.24, 2.45) is 0 Å². The molecule has 0 aliphatic heterocycles. The van der Waals surface area contributed by atoms with Crippen molar-refractivity contribution in [2.75, 3.05) is 6.54 Å². The summed E-state index contributed by atoms with van der Waals surface area (Å²) < 4.78 is 26.1. The van der Waals surface area contributed by atoms with Crippen LogP contribution in [0.2, 0.25) is 0 Å². The van der Waals surface area contributed by atoms with E-state index in [1.165, 1.54) is 0 Å². The van der Waals surface area contributed by atoms with Crippen LogP contribution in [0, 0.1) is 6.07 Å². The minimum atomic E-state index is -3.32. The first-order valence-corrected chi connectivity index (χ1v) is 7.11. The Hall–Kier alpha value is -0.870. The molecule has 4 heteroatoms. The van der Waals surface area contributed by atoms with Gasteiger partial charge in [0.1, 0.15) is 0 Å². The number of hydrogen-bond acceptors (Lipinski definition) is 2. The molecule has 0 saturated heterocycles. The van der Waals surface area contributed by atoms with E-state index in [0.29, 0.717) is 11.4 Å². The second kappa shape index (κ2) is 6.66. The first kappa shape index (κ1) is 13.2. The molecule has 0 amide bonds. The molecular formula is C12H18NO2S. The lowest BCUT2D eigenvalue weighted by molar-refractivity contribution is 0.573. The van der Waals surface area contributed by atoms with Crippen LogP contribution in [0.3, 0.4) is 0 Å². The summed E-state index contributed by atoms with van der Waals surface area (Å²) in [6.07, 6.45) is 4.27. The highest BCUT2D eigenvalue weighted by atomic mass is 32.2. The molecule has 1 aromatic carbocycles. The molecule has 0 aliphatic carbocycles. The van der Waals surface area contributed by atoms with Gasteiger partial charge in [0.25, 0.3) is 0 Å². The number of nitrogens with one attached hydrogen (secondary N) is 1. The van der Waals surface area contributed by atoms with Gasteiger partial charge in [-0.3, -0.25) is 0 Å². The molecule has 0 unspecified atom stereocenters. The zero-order valence-electron chi connectivity index (χ0n) is 9.57. The summed E-state index contributed by atoms with van der Waals surface area (Å²) in [5.74, 6) is 0. The fraction of sp³-hybridized carbons (Fsp3) is 0.500. The summed E-state index contributed by atoms with van der Waals surface area (Å²) in [4.78, 5) is 0.307. The van der Waals surface area contributed by atoms with Crippen molar-refractivity contribution in [1.29, 1.82) is 0 Å². The van der Waals surface area contributed by atoms with Gasteiger partial charge in [0.2, 0.25) is 10.0 Å². The highest BCUT2D eigenvalue weighted by molar-refractivity contribution is 7.89. The highest BCUT2D eigenvalue weighted by Gasteiger charge is 2.11. The summed E-state index contributed by atoms with van der Waals surface area (Å²) in [6.45, 7) is 2.64. The van der Waals surface area contributed by atoms with E-state index < -0.39 is 10.0 Å². The standard InChI is InChI=1S/C12H18NO2S/c1-2-3-4-8-11-13-16(14,15)12-9-6-5-7-10-12/h6-7,9-10,13H,2-4,8,11H2,1H3. The highest BCUT2D eigenvalue weighted by Crippen LogP contribution is 2.07. The quantitative estimate of drug-likeness (QED) is 0.744. The van der Waals surface area contributed by atoms with Gasteiger partial charge in [-0.25, -0.2) is 13.1 Å². The fourth-order valence-electron chi connectivity index (χ4n) is 1.39. The average molecular weight is 240 g/mol. The Morgan fingerprint density at radius 3 is 2.50 bits per heavy atom. The number of hydrogen-bond donors (Lipinski definition) is 1. The summed E-state index contributed by atoms with van der Waals surface area (Å²) in [5, 5.41) is 0. The normalized spacial score (nSPS) is 11.6. The van der Waals surface area contributed by atoms with Crippen LogP contribution in [0.5, 0.6) is 0 Å². The number of benzene rings is 1. The molecule has 1 radical (unpaired) electrons. The molecule has 1 rings (SSSR count). The van der Waals surface area contributed by atoms with Gasteiger partial charge in [-0.2, -0.15) is 0 Å². The van der Waals surface area contributed by atoms with E-state index in [4.69, 9.17) is 0 Å². The maximum absolute atomic E-state index is 11.7. The van der Waals surface area contributed by atoms with E-state index in [9.17, 15) is 8.42 Å². The maximum atomic E-state index is 11.7. The minimum Gasteiger partial charge on any atom is -0.211 e. The number of sulfonamides is 1. The SMILES string of the molecule is CCCCCCNS(=O)(=O)c1cc[c]cc1. The number of rotatable bonds is 7. The molecule has 0 spiro atoms. The monoisotopic (exact) mass is 240 g/mol. The maximum Gasteiger partial charge on any atom is 0.240 e. The first-order chi connectivity index (χ1) is 7.67. The third-order valence-corrected chi connectivity index (χ3v) is 3.80. The predicted molar refractivity (Wildman–Crippen MR) is 64.6 cm³/mol. The first-order valence-electron chi connectivity index (χ1n) is 5.62. The van der Waals surface area contributed by atoms with Gasteiger partial charge in [0.15, 0.2) is 0 Å². The molecule has 16 heavy (non-hydrogen) atoms. The summed E-state index contributed by atoms with van der Waals surface area (Å²) in [6, 6.07) is 9.10. The minimum absolute atomic E-state index is 0.307. The van der Waals surface area contributed by atoms with Crippen molar-refractivity contribution < 1.29 is 8.42 Å². The zero-order chi connectivity index (χ0) is 11.9. The second-order valence-electron chi connectivity index (χ2n) is 3.69. The van der Waals surface area contributed by atoms with Crippen molar-refractivity contribution in [3.63, 3.8) is 0 Å². The van der Waals surface area contributed by atoms with Crippen LogP contribution in [0.15, 0.2) is 29.2 Å². The molecule has 0 aliphatic rings. The van der Waals surface area contributed by atoms with Gasteiger partial charge < -0.3 is 0 Å². The van der Waals surface area contributed by atoms with Gasteiger partial charge >= 0.3 is 0 Å². The predicted octanol–water partition coefficient (Wildman–Crippen LogP) is 2.35. The van der Waals surface area contributed by atoms with E-state index in [-0.39, 0.29) is 0 Å². The van der Waals surface area contributed by atoms with Crippen LogP contribution >= 0.6 is 0 Å². The fourth-order valence-corrected chi connectivity index (χ4v) is 2.47. The molecule has 0 saturated carbocycles. The van der Waals surface area contributed by atoms with Crippen LogP contribution in [0.1, 0.15) is 32.6 Å². The average Bonchev–Trinajstić information content (AvgIpc) is 2.30. The third-order valence-electron chi connectivity index (χ3n) is 2.32. The lowest BCUT2D eigenvalue weighted by atomic mass is 10.2. The van der Waals surface area contributed by atoms with Crippen LogP contribution in [-0.2, 0) is 10.0 Å². The van der Waals surface area contributed by atoms with Crippen LogP contribution in [0.25, 0.3) is 0 Å². The van der Waals surface area contributed by atoms with Crippen LogP contribution in [-0.4, -0.2) is 15.0 Å². The molecule has 0 bridgehead atoms. The molecule has 3 nitrogen and oxygen atoms in total. The number of unbranched alkanes of at least 4 members (excludes halogenated alkanes) is 3. The lowest BCUT2D eigenvalue weighted by Crippen LogP contribution is -2.24. The molecular weight excluding hydrogens is 222 g/mol. The second-order valence-corrected chi connectivity index (χ2v) is 5.46. The van der Waals surface area contributed by atoms with Crippen molar-refractivity contribution in [3.8, 4) is 0 Å². The van der Waals surface area contributed by atoms with Gasteiger partial charge in [-0.15, -0.1) is 0 Å². The molecule has 89 valence electrons. The summed E-state index contributed by atoms with van der Waals surface area (Å²) in [7, 11) is -3.32. The van der Waals surface area contributed by atoms with Crippen molar-refractivity contribution in [3.05, 3.63) is 30.3 Å². The summed E-state index contributed by atoms with van der Waals surface area (Å²) >= 11 is 0. The van der Waals surface area contributed by atoms with E-state index >= 15 is 0 Å². The Morgan fingerprint density at radius 1 is 1.19 bits per heavy atom. The van der Waals surface area contributed by atoms with Crippen molar-refractivity contribution in [2.45, 2.75) is 37.5 Å². The molecule has 0 fully saturated rings. The molecule has 0 heterocycles. The molecule has 0 aromatic heterocycles. The Bertz CT molecular complexity index is 387. The molecule has 1 N–H and O–H groups in total. The smallest absolute Gasteiger partial charge is 0.211 e. The van der Waals surface area contributed by atoms with E-state index in [1.54, 1.807) is 24.3 Å². The Balaban J connectivity index is 2.41. The van der Waals surface area contributed by atoms with Crippen LogP contribution in [0.4, 0.5) is 0 Å². The third kappa shape index (κ3) is 4.33. The topological polar surface area (TPSA) is 46.2 Å². The zero-order valence-corrected chi connectivity index (χ0v) is 10.4. The van der Waals surface area contributed by atoms with E-state index in [1.807, 2.05) is 0 Å². The Labute approximate surface area is 97.9 Å².